The van der Waals surface area contributed by atoms with Gasteiger partial charge in [-0.1, -0.05) is 49.5 Å². The summed E-state index contributed by atoms with van der Waals surface area (Å²) in [4.78, 5) is 3.49. The third-order valence-electron chi connectivity index (χ3n) is 3.33. The number of thiocarbonyl (C=S) groups is 1. The van der Waals surface area contributed by atoms with Gasteiger partial charge in [-0.3, -0.25) is 0 Å². The van der Waals surface area contributed by atoms with Crippen molar-refractivity contribution in [3.8, 4) is 0 Å². The zero-order chi connectivity index (χ0) is 11.4. The van der Waals surface area contributed by atoms with Crippen molar-refractivity contribution < 1.29 is 0 Å². The largest absolute Gasteiger partial charge is 0.366 e. The fraction of sp³-hybridized carbons (Fsp3) is 0.500. The molecule has 2 heteroatoms. The average molecular weight is 233 g/mol. The average Bonchev–Trinajstić information content (AvgIpc) is 2.31. The van der Waals surface area contributed by atoms with Gasteiger partial charge in [0.05, 0.1) is 4.99 Å². The van der Waals surface area contributed by atoms with Gasteiger partial charge in [0.1, 0.15) is 0 Å². The van der Waals surface area contributed by atoms with E-state index >= 15 is 0 Å². The van der Waals surface area contributed by atoms with Crippen LogP contribution in [0, 0.1) is 5.92 Å². The molecule has 1 aromatic carbocycles. The molecule has 0 amide bonds. The number of likely N-dealkylation sites (tertiary alicyclic amines) is 1. The minimum Gasteiger partial charge on any atom is -0.366 e. The second kappa shape index (κ2) is 5.44. The Kier molecular flexibility index (Phi) is 3.94. The maximum absolute atomic E-state index is 5.52. The highest BCUT2D eigenvalue weighted by Gasteiger charge is 2.17. The van der Waals surface area contributed by atoms with Gasteiger partial charge in [-0.15, -0.1) is 0 Å². The van der Waals surface area contributed by atoms with Gasteiger partial charge in [-0.05, 0) is 24.3 Å². The van der Waals surface area contributed by atoms with Crippen molar-refractivity contribution in [1.82, 2.24) is 4.90 Å². The van der Waals surface area contributed by atoms with Gasteiger partial charge in [0, 0.05) is 19.5 Å². The molecule has 1 fully saturated rings. The molecule has 16 heavy (non-hydrogen) atoms. The number of hydrogen-bond acceptors (Lipinski definition) is 1. The molecule has 0 radical (unpaired) electrons. The molecule has 0 saturated carbocycles. The first-order chi connectivity index (χ1) is 7.75. The molecule has 0 N–H and O–H groups in total. The summed E-state index contributed by atoms with van der Waals surface area (Å²) < 4.78 is 0. The van der Waals surface area contributed by atoms with Crippen LogP contribution in [0.4, 0.5) is 0 Å². The SMILES string of the molecule is CC1CCN(C(=S)Cc2ccccc2)CC1. The first kappa shape index (κ1) is 11.6. The van der Waals surface area contributed by atoms with E-state index in [9.17, 15) is 0 Å². The molecule has 1 nitrogen and oxygen atoms in total. The Morgan fingerprint density at radius 2 is 1.88 bits per heavy atom. The molecule has 1 heterocycles. The molecular formula is C14H19NS. The maximum atomic E-state index is 5.52. The Labute approximate surface area is 103 Å². The molecule has 0 aromatic heterocycles. The van der Waals surface area contributed by atoms with E-state index in [2.05, 4.69) is 42.2 Å². The zero-order valence-electron chi connectivity index (χ0n) is 9.86. The van der Waals surface area contributed by atoms with Crippen LogP contribution in [0.3, 0.4) is 0 Å². The fourth-order valence-electron chi connectivity index (χ4n) is 2.14. The highest BCUT2D eigenvalue weighted by molar-refractivity contribution is 7.80. The zero-order valence-corrected chi connectivity index (χ0v) is 10.7. The number of hydrogen-bond donors (Lipinski definition) is 0. The van der Waals surface area contributed by atoms with Crippen LogP contribution in [0.1, 0.15) is 25.3 Å². The summed E-state index contributed by atoms with van der Waals surface area (Å²) in [6.45, 7) is 4.62. The Bertz CT molecular complexity index is 339. The molecule has 86 valence electrons. The van der Waals surface area contributed by atoms with Crippen LogP contribution < -0.4 is 0 Å². The summed E-state index contributed by atoms with van der Waals surface area (Å²) in [7, 11) is 0. The predicted octanol–water partition coefficient (Wildman–Crippen LogP) is 3.29. The van der Waals surface area contributed by atoms with E-state index in [1.807, 2.05) is 0 Å². The van der Waals surface area contributed by atoms with E-state index in [1.54, 1.807) is 0 Å². The van der Waals surface area contributed by atoms with Crippen LogP contribution in [0.5, 0.6) is 0 Å². The highest BCUT2D eigenvalue weighted by Crippen LogP contribution is 2.17. The van der Waals surface area contributed by atoms with Crippen LogP contribution in [-0.4, -0.2) is 23.0 Å². The lowest BCUT2D eigenvalue weighted by Gasteiger charge is -2.32. The van der Waals surface area contributed by atoms with E-state index in [1.165, 1.54) is 18.4 Å². The summed E-state index contributed by atoms with van der Waals surface area (Å²) in [5.74, 6) is 0.871. The van der Waals surface area contributed by atoms with Gasteiger partial charge in [-0.25, -0.2) is 0 Å². The number of rotatable bonds is 2. The Hall–Kier alpha value is -0.890. The minimum atomic E-state index is 0.871. The second-order valence-corrected chi connectivity index (χ2v) is 5.20. The lowest BCUT2D eigenvalue weighted by Crippen LogP contribution is -2.37. The van der Waals surface area contributed by atoms with Crippen LogP contribution in [0.25, 0.3) is 0 Å². The molecule has 1 saturated heterocycles. The number of nitrogens with zero attached hydrogens (tertiary/aromatic N) is 1. The van der Waals surface area contributed by atoms with Gasteiger partial charge >= 0.3 is 0 Å². The first-order valence-corrected chi connectivity index (χ1v) is 6.48. The summed E-state index contributed by atoms with van der Waals surface area (Å²) in [6, 6.07) is 10.5. The second-order valence-electron chi connectivity index (χ2n) is 4.73. The van der Waals surface area contributed by atoms with Gasteiger partial charge in [-0.2, -0.15) is 0 Å². The minimum absolute atomic E-state index is 0.871. The molecule has 1 aliphatic heterocycles. The molecule has 2 rings (SSSR count). The normalized spacial score (nSPS) is 17.4. The Balaban J connectivity index is 1.89. The van der Waals surface area contributed by atoms with Gasteiger partial charge in [0.15, 0.2) is 0 Å². The molecule has 0 bridgehead atoms. The van der Waals surface area contributed by atoms with E-state index in [-0.39, 0.29) is 0 Å². The van der Waals surface area contributed by atoms with Gasteiger partial charge in [0.25, 0.3) is 0 Å². The number of benzene rings is 1. The van der Waals surface area contributed by atoms with Crippen LogP contribution in [0.15, 0.2) is 30.3 Å². The maximum Gasteiger partial charge on any atom is 0.0823 e. The van der Waals surface area contributed by atoms with E-state index in [0.717, 1.165) is 30.4 Å². The van der Waals surface area contributed by atoms with Crippen molar-refractivity contribution in [3.63, 3.8) is 0 Å². The molecule has 1 aliphatic rings. The standard InChI is InChI=1S/C14H19NS/c1-12-7-9-15(10-8-12)14(16)11-13-5-3-2-4-6-13/h2-6,12H,7-11H2,1H3. The first-order valence-electron chi connectivity index (χ1n) is 6.07. The molecular weight excluding hydrogens is 214 g/mol. The van der Waals surface area contributed by atoms with Crippen molar-refractivity contribution in [1.29, 1.82) is 0 Å². The van der Waals surface area contributed by atoms with E-state index in [4.69, 9.17) is 12.2 Å². The van der Waals surface area contributed by atoms with Crippen LogP contribution in [0.2, 0.25) is 0 Å². The van der Waals surface area contributed by atoms with Crippen molar-refractivity contribution in [2.24, 2.45) is 5.92 Å². The van der Waals surface area contributed by atoms with Crippen molar-refractivity contribution >= 4 is 17.2 Å². The third-order valence-corrected chi connectivity index (χ3v) is 3.74. The third kappa shape index (κ3) is 3.05. The topological polar surface area (TPSA) is 3.24 Å². The van der Waals surface area contributed by atoms with Crippen molar-refractivity contribution in [3.05, 3.63) is 35.9 Å². The lowest BCUT2D eigenvalue weighted by atomic mass is 9.99. The number of piperidine rings is 1. The smallest absolute Gasteiger partial charge is 0.0823 e. The Morgan fingerprint density at radius 1 is 1.25 bits per heavy atom. The summed E-state index contributed by atoms with van der Waals surface area (Å²) >= 11 is 5.52. The molecule has 0 spiro atoms. The van der Waals surface area contributed by atoms with Crippen molar-refractivity contribution in [2.45, 2.75) is 26.2 Å². The van der Waals surface area contributed by atoms with Crippen molar-refractivity contribution in [2.75, 3.05) is 13.1 Å². The monoisotopic (exact) mass is 233 g/mol. The van der Waals surface area contributed by atoms with Crippen LogP contribution in [-0.2, 0) is 6.42 Å². The molecule has 0 atom stereocenters. The van der Waals surface area contributed by atoms with E-state index < -0.39 is 0 Å². The Morgan fingerprint density at radius 3 is 2.50 bits per heavy atom. The quantitative estimate of drug-likeness (QED) is 0.721. The summed E-state index contributed by atoms with van der Waals surface area (Å²) in [5.41, 5.74) is 1.33. The molecule has 0 unspecified atom stereocenters. The molecule has 0 aliphatic carbocycles. The molecule has 1 aromatic rings. The lowest BCUT2D eigenvalue weighted by molar-refractivity contribution is 0.281. The van der Waals surface area contributed by atoms with Crippen LogP contribution >= 0.6 is 12.2 Å². The predicted molar refractivity (Wildman–Crippen MR) is 72.7 cm³/mol. The summed E-state index contributed by atoms with van der Waals surface area (Å²) in [5, 5.41) is 0. The van der Waals surface area contributed by atoms with Gasteiger partial charge < -0.3 is 4.90 Å². The van der Waals surface area contributed by atoms with Gasteiger partial charge in [0.2, 0.25) is 0 Å². The summed E-state index contributed by atoms with van der Waals surface area (Å²) in [6.07, 6.45) is 3.49. The fourth-order valence-corrected chi connectivity index (χ4v) is 2.49. The van der Waals surface area contributed by atoms with E-state index in [0.29, 0.717) is 0 Å². The highest BCUT2D eigenvalue weighted by atomic mass is 32.1.